The fraction of sp³-hybridized carbons (Fsp3) is 1.00. The molecule has 3 atom stereocenters. The fourth-order valence-electron chi connectivity index (χ4n) is 3.67. The Labute approximate surface area is 119 Å². The molecular formula is C16H32N2O. The molecule has 2 aliphatic heterocycles. The predicted molar refractivity (Wildman–Crippen MR) is 79.9 cm³/mol. The minimum atomic E-state index is -0.236. The van der Waals surface area contributed by atoms with Gasteiger partial charge in [0, 0.05) is 26.2 Å². The molecule has 112 valence electrons. The first-order valence-corrected chi connectivity index (χ1v) is 8.11. The Kier molecular flexibility index (Phi) is 5.27. The van der Waals surface area contributed by atoms with Crippen molar-refractivity contribution in [3.05, 3.63) is 0 Å². The van der Waals surface area contributed by atoms with Gasteiger partial charge in [-0.1, -0.05) is 27.7 Å². The Balaban J connectivity index is 1.71. The van der Waals surface area contributed by atoms with E-state index in [2.05, 4.69) is 37.5 Å². The van der Waals surface area contributed by atoms with Crippen LogP contribution in [0.25, 0.3) is 0 Å². The molecule has 2 aliphatic rings. The van der Waals surface area contributed by atoms with Gasteiger partial charge in [0.05, 0.1) is 0 Å². The van der Waals surface area contributed by atoms with Crippen LogP contribution in [0.1, 0.15) is 40.5 Å². The first-order chi connectivity index (χ1) is 8.97. The Hall–Kier alpha value is -0.120. The molecule has 2 heterocycles. The van der Waals surface area contributed by atoms with Crippen LogP contribution >= 0.6 is 0 Å². The maximum atomic E-state index is 10.2. The number of aliphatic hydroxyl groups excluding tert-OH is 1. The van der Waals surface area contributed by atoms with Crippen molar-refractivity contribution >= 4 is 0 Å². The molecule has 3 nitrogen and oxygen atoms in total. The van der Waals surface area contributed by atoms with Crippen LogP contribution in [0.2, 0.25) is 0 Å². The monoisotopic (exact) mass is 268 g/mol. The van der Waals surface area contributed by atoms with E-state index in [1.807, 2.05) is 0 Å². The van der Waals surface area contributed by atoms with Crippen molar-refractivity contribution < 1.29 is 5.11 Å². The summed E-state index contributed by atoms with van der Waals surface area (Å²) in [5.74, 6) is 2.78. The van der Waals surface area contributed by atoms with Gasteiger partial charge in [-0.15, -0.1) is 0 Å². The average Bonchev–Trinajstić information content (AvgIpc) is 2.84. The topological polar surface area (TPSA) is 26.7 Å². The maximum Gasteiger partial charge on any atom is 0.109 e. The smallest absolute Gasteiger partial charge is 0.109 e. The van der Waals surface area contributed by atoms with Crippen molar-refractivity contribution in [3.63, 3.8) is 0 Å². The Morgan fingerprint density at radius 1 is 1.00 bits per heavy atom. The maximum absolute atomic E-state index is 10.2. The fourth-order valence-corrected chi connectivity index (χ4v) is 3.67. The largest absolute Gasteiger partial charge is 0.378 e. The SMILES string of the molecule is CC(C)CCCN1CC2CN(C(O)C(C)C)CC2C1. The van der Waals surface area contributed by atoms with E-state index in [0.29, 0.717) is 5.92 Å². The minimum Gasteiger partial charge on any atom is -0.378 e. The molecule has 0 saturated carbocycles. The van der Waals surface area contributed by atoms with Crippen LogP contribution in [-0.4, -0.2) is 53.9 Å². The third-order valence-corrected chi connectivity index (χ3v) is 4.82. The number of hydrogen-bond acceptors (Lipinski definition) is 3. The molecule has 2 fully saturated rings. The molecular weight excluding hydrogens is 236 g/mol. The third kappa shape index (κ3) is 3.93. The van der Waals surface area contributed by atoms with Crippen molar-refractivity contribution in [1.82, 2.24) is 9.80 Å². The summed E-state index contributed by atoms with van der Waals surface area (Å²) < 4.78 is 0. The average molecular weight is 268 g/mol. The van der Waals surface area contributed by atoms with E-state index in [-0.39, 0.29) is 6.23 Å². The van der Waals surface area contributed by atoms with E-state index < -0.39 is 0 Å². The van der Waals surface area contributed by atoms with Crippen molar-refractivity contribution in [2.45, 2.75) is 46.8 Å². The molecule has 0 radical (unpaired) electrons. The summed E-state index contributed by atoms with van der Waals surface area (Å²) in [7, 11) is 0. The van der Waals surface area contributed by atoms with Gasteiger partial charge in [0.2, 0.25) is 0 Å². The molecule has 2 saturated heterocycles. The Morgan fingerprint density at radius 3 is 2.05 bits per heavy atom. The lowest BCUT2D eigenvalue weighted by Crippen LogP contribution is -2.39. The lowest BCUT2D eigenvalue weighted by molar-refractivity contribution is -0.0213. The van der Waals surface area contributed by atoms with Gasteiger partial charge in [-0.2, -0.15) is 0 Å². The zero-order valence-electron chi connectivity index (χ0n) is 13.2. The summed E-state index contributed by atoms with van der Waals surface area (Å²) in [5, 5.41) is 10.2. The van der Waals surface area contributed by atoms with Crippen LogP contribution < -0.4 is 0 Å². The van der Waals surface area contributed by atoms with E-state index in [0.717, 1.165) is 30.8 Å². The quantitative estimate of drug-likeness (QED) is 0.800. The zero-order chi connectivity index (χ0) is 14.0. The van der Waals surface area contributed by atoms with Crippen molar-refractivity contribution in [1.29, 1.82) is 0 Å². The first-order valence-electron chi connectivity index (χ1n) is 8.11. The highest BCUT2D eigenvalue weighted by Gasteiger charge is 2.41. The standard InChI is InChI=1S/C16H32N2O/c1-12(2)6-5-7-17-8-14-10-18(11-15(14)9-17)16(19)13(3)4/h12-16,19H,5-11H2,1-4H3. The second-order valence-electron chi connectivity index (χ2n) is 7.43. The first kappa shape index (κ1) is 15.3. The molecule has 3 heteroatoms. The molecule has 0 aromatic rings. The van der Waals surface area contributed by atoms with Gasteiger partial charge >= 0.3 is 0 Å². The van der Waals surface area contributed by atoms with Gasteiger partial charge in [0.1, 0.15) is 6.23 Å². The highest BCUT2D eigenvalue weighted by molar-refractivity contribution is 4.93. The summed E-state index contributed by atoms with van der Waals surface area (Å²) in [6.45, 7) is 14.8. The van der Waals surface area contributed by atoms with E-state index in [1.54, 1.807) is 0 Å². The van der Waals surface area contributed by atoms with Crippen LogP contribution in [-0.2, 0) is 0 Å². The Bertz CT molecular complexity index is 266. The van der Waals surface area contributed by atoms with Crippen molar-refractivity contribution in [2.75, 3.05) is 32.7 Å². The molecule has 0 bridgehead atoms. The van der Waals surface area contributed by atoms with E-state index in [9.17, 15) is 5.11 Å². The van der Waals surface area contributed by atoms with E-state index >= 15 is 0 Å². The summed E-state index contributed by atoms with van der Waals surface area (Å²) in [6.07, 6.45) is 2.46. The highest BCUT2D eigenvalue weighted by atomic mass is 16.3. The number of likely N-dealkylation sites (tertiary alicyclic amines) is 2. The van der Waals surface area contributed by atoms with E-state index in [4.69, 9.17) is 0 Å². The van der Waals surface area contributed by atoms with Crippen molar-refractivity contribution in [3.8, 4) is 0 Å². The second-order valence-corrected chi connectivity index (χ2v) is 7.43. The number of fused-ring (bicyclic) bond motifs is 1. The predicted octanol–water partition coefficient (Wildman–Crippen LogP) is 2.26. The van der Waals surface area contributed by atoms with Crippen LogP contribution in [0.5, 0.6) is 0 Å². The molecule has 2 rings (SSSR count). The summed E-state index contributed by atoms with van der Waals surface area (Å²) in [5.41, 5.74) is 0. The molecule has 0 aliphatic carbocycles. The van der Waals surface area contributed by atoms with Crippen LogP contribution in [0.15, 0.2) is 0 Å². The van der Waals surface area contributed by atoms with E-state index in [1.165, 1.54) is 32.5 Å². The van der Waals surface area contributed by atoms with Crippen LogP contribution in [0, 0.1) is 23.7 Å². The lowest BCUT2D eigenvalue weighted by Gasteiger charge is -2.28. The van der Waals surface area contributed by atoms with Gasteiger partial charge in [-0.25, -0.2) is 0 Å². The van der Waals surface area contributed by atoms with Gasteiger partial charge in [-0.05, 0) is 43.1 Å². The molecule has 0 spiro atoms. The number of rotatable bonds is 6. The molecule has 19 heavy (non-hydrogen) atoms. The van der Waals surface area contributed by atoms with Gasteiger partial charge < -0.3 is 10.0 Å². The number of nitrogens with zero attached hydrogens (tertiary/aromatic N) is 2. The second kappa shape index (κ2) is 6.55. The number of hydrogen-bond donors (Lipinski definition) is 1. The molecule has 1 N–H and O–H groups in total. The Morgan fingerprint density at radius 2 is 1.58 bits per heavy atom. The summed E-state index contributed by atoms with van der Waals surface area (Å²) in [6, 6.07) is 0. The summed E-state index contributed by atoms with van der Waals surface area (Å²) in [4.78, 5) is 4.95. The molecule has 0 aromatic carbocycles. The highest BCUT2D eigenvalue weighted by Crippen LogP contribution is 2.32. The van der Waals surface area contributed by atoms with Gasteiger partial charge in [0.25, 0.3) is 0 Å². The zero-order valence-corrected chi connectivity index (χ0v) is 13.2. The molecule has 3 unspecified atom stereocenters. The van der Waals surface area contributed by atoms with Crippen LogP contribution in [0.4, 0.5) is 0 Å². The van der Waals surface area contributed by atoms with Gasteiger partial charge in [0.15, 0.2) is 0 Å². The summed E-state index contributed by atoms with van der Waals surface area (Å²) >= 11 is 0. The normalized spacial score (nSPS) is 30.5. The minimum absolute atomic E-state index is 0.236. The number of aliphatic hydroxyl groups is 1. The molecule has 0 amide bonds. The van der Waals surface area contributed by atoms with Crippen LogP contribution in [0.3, 0.4) is 0 Å². The lowest BCUT2D eigenvalue weighted by atomic mass is 10.0. The third-order valence-electron chi connectivity index (χ3n) is 4.82. The van der Waals surface area contributed by atoms with Crippen molar-refractivity contribution in [2.24, 2.45) is 23.7 Å². The van der Waals surface area contributed by atoms with Gasteiger partial charge in [-0.3, -0.25) is 4.90 Å². The molecule has 0 aromatic heterocycles.